The van der Waals surface area contributed by atoms with Crippen molar-refractivity contribution in [1.82, 2.24) is 5.32 Å². The molecule has 0 spiro atoms. The van der Waals surface area contributed by atoms with E-state index < -0.39 is 10.0 Å². The second-order valence-electron chi connectivity index (χ2n) is 7.43. The number of carbonyl (C=O) groups is 1. The van der Waals surface area contributed by atoms with E-state index in [1.165, 1.54) is 28.3 Å². The van der Waals surface area contributed by atoms with Gasteiger partial charge in [-0.1, -0.05) is 19.1 Å². The Labute approximate surface area is 175 Å². The fourth-order valence-electron chi connectivity index (χ4n) is 3.44. The molecule has 0 saturated heterocycles. The summed E-state index contributed by atoms with van der Waals surface area (Å²) in [6.07, 6.45) is 2.90. The molecule has 0 saturated carbocycles. The Morgan fingerprint density at radius 3 is 2.69 bits per heavy atom. The third kappa shape index (κ3) is 5.03. The molecule has 2 aromatic rings. The number of carbonyl (C=O) groups excluding carboxylic acids is 1. The van der Waals surface area contributed by atoms with Gasteiger partial charge in [-0.3, -0.25) is 4.79 Å². The number of sulfonamides is 1. The van der Waals surface area contributed by atoms with Crippen molar-refractivity contribution in [1.29, 1.82) is 5.26 Å². The Hall–Kier alpha value is -2.25. The number of amides is 1. The average molecular weight is 433 g/mol. The van der Waals surface area contributed by atoms with Crippen LogP contribution in [0.25, 0.3) is 0 Å². The largest absolute Gasteiger partial charge is 0.315 e. The van der Waals surface area contributed by atoms with Crippen molar-refractivity contribution in [3.8, 4) is 6.07 Å². The quantitative estimate of drug-likeness (QED) is 0.647. The normalized spacial score (nSPS) is 17.2. The third-order valence-corrected chi connectivity index (χ3v) is 7.25. The average Bonchev–Trinajstić information content (AvgIpc) is 3.01. The van der Waals surface area contributed by atoms with Crippen molar-refractivity contribution >= 4 is 32.3 Å². The summed E-state index contributed by atoms with van der Waals surface area (Å²) in [5.41, 5.74) is 2.52. The molecule has 1 aliphatic carbocycles. The van der Waals surface area contributed by atoms with Crippen molar-refractivity contribution in [2.24, 2.45) is 11.1 Å². The first-order chi connectivity index (χ1) is 13.7. The van der Waals surface area contributed by atoms with Crippen LogP contribution < -0.4 is 15.8 Å². The Morgan fingerprint density at radius 1 is 1.38 bits per heavy atom. The zero-order valence-corrected chi connectivity index (χ0v) is 18.0. The molecule has 1 aromatic carbocycles. The van der Waals surface area contributed by atoms with E-state index in [2.05, 4.69) is 23.6 Å². The topological polar surface area (TPSA) is 125 Å². The van der Waals surface area contributed by atoms with E-state index in [0.29, 0.717) is 16.5 Å². The zero-order chi connectivity index (χ0) is 21.2. The summed E-state index contributed by atoms with van der Waals surface area (Å²) in [6, 6.07) is 8.30. The van der Waals surface area contributed by atoms with Crippen molar-refractivity contribution < 1.29 is 13.2 Å². The molecule has 3 rings (SSSR count). The van der Waals surface area contributed by atoms with Gasteiger partial charge in [0, 0.05) is 10.9 Å². The van der Waals surface area contributed by atoms with Crippen LogP contribution in [0.3, 0.4) is 0 Å². The second-order valence-corrected chi connectivity index (χ2v) is 10.1. The van der Waals surface area contributed by atoms with Crippen LogP contribution in [0.2, 0.25) is 0 Å². The molecule has 0 fully saturated rings. The molecule has 1 amide bonds. The van der Waals surface area contributed by atoms with Gasteiger partial charge in [0.2, 0.25) is 15.9 Å². The Bertz CT molecular complexity index is 1050. The van der Waals surface area contributed by atoms with Crippen LogP contribution in [0.15, 0.2) is 29.2 Å². The summed E-state index contributed by atoms with van der Waals surface area (Å²) in [5.74, 6) is 0.376. The molecule has 154 valence electrons. The fourth-order valence-corrected chi connectivity index (χ4v) is 5.33. The first kappa shape index (κ1) is 21.5. The summed E-state index contributed by atoms with van der Waals surface area (Å²) in [5, 5.41) is 21.2. The lowest BCUT2D eigenvalue weighted by Crippen LogP contribution is -2.30. The maximum atomic E-state index is 12.4. The predicted octanol–water partition coefficient (Wildman–Crippen LogP) is 2.68. The highest BCUT2D eigenvalue weighted by Gasteiger charge is 2.24. The van der Waals surface area contributed by atoms with E-state index in [1.54, 1.807) is 12.1 Å². The monoisotopic (exact) mass is 432 g/mol. The van der Waals surface area contributed by atoms with Crippen LogP contribution in [0, 0.1) is 17.2 Å². The van der Waals surface area contributed by atoms with Gasteiger partial charge in [0.05, 0.1) is 17.0 Å². The summed E-state index contributed by atoms with van der Waals surface area (Å²) >= 11 is 1.50. The van der Waals surface area contributed by atoms with Gasteiger partial charge < -0.3 is 10.6 Å². The van der Waals surface area contributed by atoms with Crippen LogP contribution in [0.4, 0.5) is 5.00 Å². The standard InChI is InChI=1S/C20H24N4O3S2/c1-12-3-8-16-17(10-21)20(28-18(16)9-12)24-19(25)11-23-13(2)14-4-6-15(7-5-14)29(22,26)27/h4-7,12-13,23H,3,8-9,11H2,1-2H3,(H,24,25)(H2,22,26,27)/t12-,13-/m0/s1. The number of nitrogens with zero attached hydrogens (tertiary/aromatic N) is 1. The number of benzene rings is 1. The van der Waals surface area contributed by atoms with Gasteiger partial charge >= 0.3 is 0 Å². The van der Waals surface area contributed by atoms with Gasteiger partial charge in [0.1, 0.15) is 11.1 Å². The smallest absolute Gasteiger partial charge is 0.238 e. The summed E-state index contributed by atoms with van der Waals surface area (Å²) in [7, 11) is -3.73. The summed E-state index contributed by atoms with van der Waals surface area (Å²) in [4.78, 5) is 13.7. The van der Waals surface area contributed by atoms with Gasteiger partial charge in [0.25, 0.3) is 0 Å². The van der Waals surface area contributed by atoms with Crippen LogP contribution in [-0.4, -0.2) is 20.9 Å². The number of thiophene rings is 1. The highest BCUT2D eigenvalue weighted by atomic mass is 32.2. The molecule has 2 atom stereocenters. The molecular formula is C20H24N4O3S2. The lowest BCUT2D eigenvalue weighted by molar-refractivity contribution is -0.115. The predicted molar refractivity (Wildman–Crippen MR) is 113 cm³/mol. The Balaban J connectivity index is 1.61. The van der Waals surface area contributed by atoms with E-state index in [4.69, 9.17) is 5.14 Å². The number of hydrogen-bond acceptors (Lipinski definition) is 6. The minimum absolute atomic E-state index is 0.0474. The Morgan fingerprint density at radius 2 is 2.07 bits per heavy atom. The van der Waals surface area contributed by atoms with Crippen LogP contribution in [0.5, 0.6) is 0 Å². The molecular weight excluding hydrogens is 408 g/mol. The lowest BCUT2D eigenvalue weighted by Gasteiger charge is -2.17. The highest BCUT2D eigenvalue weighted by Crippen LogP contribution is 2.39. The van der Waals surface area contributed by atoms with Crippen molar-refractivity contribution in [3.05, 3.63) is 45.8 Å². The Kier molecular flexibility index (Phi) is 6.39. The first-order valence-electron chi connectivity index (χ1n) is 9.39. The van der Waals surface area contributed by atoms with Gasteiger partial charge in [0.15, 0.2) is 0 Å². The van der Waals surface area contributed by atoms with E-state index >= 15 is 0 Å². The number of nitrogens with one attached hydrogen (secondary N) is 2. The molecule has 7 nitrogen and oxygen atoms in total. The minimum Gasteiger partial charge on any atom is -0.315 e. The number of nitriles is 1. The zero-order valence-electron chi connectivity index (χ0n) is 16.4. The summed E-state index contributed by atoms with van der Waals surface area (Å²) < 4.78 is 22.7. The number of hydrogen-bond donors (Lipinski definition) is 3. The molecule has 0 bridgehead atoms. The lowest BCUT2D eigenvalue weighted by atomic mass is 9.89. The number of anilines is 1. The maximum absolute atomic E-state index is 12.4. The third-order valence-electron chi connectivity index (χ3n) is 5.15. The first-order valence-corrected chi connectivity index (χ1v) is 11.8. The van der Waals surface area contributed by atoms with Gasteiger partial charge in [-0.05, 0) is 55.4 Å². The molecule has 4 N–H and O–H groups in total. The van der Waals surface area contributed by atoms with E-state index in [-0.39, 0.29) is 23.4 Å². The molecule has 0 unspecified atom stereocenters. The van der Waals surface area contributed by atoms with Gasteiger partial charge in [-0.15, -0.1) is 11.3 Å². The van der Waals surface area contributed by atoms with Crippen molar-refractivity contribution in [2.45, 2.75) is 44.0 Å². The van der Waals surface area contributed by atoms with Crippen molar-refractivity contribution in [3.63, 3.8) is 0 Å². The van der Waals surface area contributed by atoms with Crippen LogP contribution >= 0.6 is 11.3 Å². The van der Waals surface area contributed by atoms with E-state index in [0.717, 1.165) is 30.4 Å². The number of fused-ring (bicyclic) bond motifs is 1. The number of primary sulfonamides is 1. The number of rotatable bonds is 6. The molecule has 29 heavy (non-hydrogen) atoms. The maximum Gasteiger partial charge on any atom is 0.238 e. The van der Waals surface area contributed by atoms with Crippen LogP contribution in [-0.2, 0) is 27.7 Å². The van der Waals surface area contributed by atoms with Gasteiger partial charge in [-0.25, -0.2) is 13.6 Å². The molecule has 1 aliphatic rings. The summed E-state index contributed by atoms with van der Waals surface area (Å²) in [6.45, 7) is 4.15. The fraction of sp³-hybridized carbons (Fsp3) is 0.400. The molecule has 9 heteroatoms. The SMILES string of the molecule is C[C@H]1CCc2c(sc(NC(=O)CN[C@@H](C)c3ccc(S(N)(=O)=O)cc3)c2C#N)C1. The van der Waals surface area contributed by atoms with Crippen LogP contribution in [0.1, 0.15) is 47.9 Å². The molecule has 0 aliphatic heterocycles. The van der Waals surface area contributed by atoms with Crippen molar-refractivity contribution in [2.75, 3.05) is 11.9 Å². The van der Waals surface area contributed by atoms with Gasteiger partial charge in [-0.2, -0.15) is 5.26 Å². The molecule has 0 radical (unpaired) electrons. The number of nitrogens with two attached hydrogens (primary N) is 1. The van der Waals surface area contributed by atoms with E-state index in [1.807, 2.05) is 6.92 Å². The minimum atomic E-state index is -3.73. The van der Waals surface area contributed by atoms with E-state index in [9.17, 15) is 18.5 Å². The highest BCUT2D eigenvalue weighted by molar-refractivity contribution is 7.89. The molecule has 1 heterocycles. The second kappa shape index (κ2) is 8.63. The molecule has 1 aromatic heterocycles.